The number of hydrogen-bond acceptors (Lipinski definition) is 2. The van der Waals surface area contributed by atoms with E-state index in [4.69, 9.17) is 16.7 Å². The zero-order valence-electron chi connectivity index (χ0n) is 9.53. The number of aliphatic carboxylic acids is 1. The van der Waals surface area contributed by atoms with E-state index in [0.29, 0.717) is 11.6 Å². The Hall–Kier alpha value is -1.22. The third kappa shape index (κ3) is 3.42. The second-order valence-electron chi connectivity index (χ2n) is 3.65. The summed E-state index contributed by atoms with van der Waals surface area (Å²) < 4.78 is 0. The van der Waals surface area contributed by atoms with E-state index in [1.165, 1.54) is 0 Å². The molecular weight excluding hydrogens is 226 g/mol. The first kappa shape index (κ1) is 12.8. The number of anilines is 1. The molecule has 3 nitrogen and oxygen atoms in total. The summed E-state index contributed by atoms with van der Waals surface area (Å²) in [6.45, 7) is 5.30. The zero-order valence-corrected chi connectivity index (χ0v) is 10.3. The Morgan fingerprint density at radius 3 is 2.69 bits per heavy atom. The van der Waals surface area contributed by atoms with E-state index in [9.17, 15) is 4.79 Å². The number of nitrogens with zero attached hydrogens (tertiary/aromatic N) is 1. The van der Waals surface area contributed by atoms with Gasteiger partial charge in [0.15, 0.2) is 0 Å². The molecule has 0 unspecified atom stereocenters. The Kier molecular flexibility index (Phi) is 4.62. The molecule has 0 heterocycles. The summed E-state index contributed by atoms with van der Waals surface area (Å²) in [5.41, 5.74) is 2.12. The van der Waals surface area contributed by atoms with E-state index >= 15 is 0 Å². The molecule has 0 aliphatic carbocycles. The third-order valence-corrected chi connectivity index (χ3v) is 2.71. The van der Waals surface area contributed by atoms with Gasteiger partial charge >= 0.3 is 5.97 Å². The first-order valence-corrected chi connectivity index (χ1v) is 5.65. The van der Waals surface area contributed by atoms with Crippen LogP contribution in [0.1, 0.15) is 18.9 Å². The highest BCUT2D eigenvalue weighted by atomic mass is 35.5. The summed E-state index contributed by atoms with van der Waals surface area (Å²) in [5.74, 6) is -0.773. The SMILES string of the molecule is CCN(CCC(=O)O)c1ccc(Cl)cc1C. The van der Waals surface area contributed by atoms with Crippen LogP contribution in [0.25, 0.3) is 0 Å². The lowest BCUT2D eigenvalue weighted by Gasteiger charge is -2.24. The van der Waals surface area contributed by atoms with Crippen LogP contribution in [-0.2, 0) is 4.79 Å². The smallest absolute Gasteiger partial charge is 0.305 e. The van der Waals surface area contributed by atoms with Crippen molar-refractivity contribution in [2.45, 2.75) is 20.3 Å². The summed E-state index contributed by atoms with van der Waals surface area (Å²) in [7, 11) is 0. The molecular formula is C12H16ClNO2. The summed E-state index contributed by atoms with van der Waals surface area (Å²) in [4.78, 5) is 12.6. The summed E-state index contributed by atoms with van der Waals surface area (Å²) in [6.07, 6.45) is 0.149. The van der Waals surface area contributed by atoms with E-state index in [0.717, 1.165) is 17.8 Å². The molecule has 0 saturated heterocycles. The van der Waals surface area contributed by atoms with E-state index in [1.54, 1.807) is 0 Å². The predicted molar refractivity (Wildman–Crippen MR) is 66.3 cm³/mol. The molecule has 88 valence electrons. The fourth-order valence-electron chi connectivity index (χ4n) is 1.65. The summed E-state index contributed by atoms with van der Waals surface area (Å²) in [6, 6.07) is 5.65. The van der Waals surface area contributed by atoms with Crippen molar-refractivity contribution in [1.29, 1.82) is 0 Å². The highest BCUT2D eigenvalue weighted by molar-refractivity contribution is 6.30. The van der Waals surface area contributed by atoms with Crippen LogP contribution in [0.2, 0.25) is 5.02 Å². The molecule has 16 heavy (non-hydrogen) atoms. The van der Waals surface area contributed by atoms with Crippen molar-refractivity contribution in [3.63, 3.8) is 0 Å². The average molecular weight is 242 g/mol. The molecule has 0 aliphatic heterocycles. The first-order valence-electron chi connectivity index (χ1n) is 5.27. The van der Waals surface area contributed by atoms with Crippen LogP contribution in [0, 0.1) is 6.92 Å². The molecule has 1 rings (SSSR count). The number of carboxylic acid groups (broad SMARTS) is 1. The Morgan fingerprint density at radius 2 is 2.19 bits per heavy atom. The monoisotopic (exact) mass is 241 g/mol. The molecule has 0 spiro atoms. The van der Waals surface area contributed by atoms with Gasteiger partial charge in [-0.1, -0.05) is 11.6 Å². The highest BCUT2D eigenvalue weighted by Gasteiger charge is 2.09. The quantitative estimate of drug-likeness (QED) is 0.862. The maximum atomic E-state index is 10.5. The van der Waals surface area contributed by atoms with Gasteiger partial charge in [0.2, 0.25) is 0 Å². The van der Waals surface area contributed by atoms with Gasteiger partial charge in [-0.05, 0) is 37.6 Å². The van der Waals surface area contributed by atoms with Crippen LogP contribution in [0.15, 0.2) is 18.2 Å². The van der Waals surface area contributed by atoms with Crippen LogP contribution in [0.5, 0.6) is 0 Å². The molecule has 0 saturated carbocycles. The fraction of sp³-hybridized carbons (Fsp3) is 0.417. The Bertz CT molecular complexity index is 379. The number of carbonyl (C=O) groups is 1. The first-order chi connectivity index (χ1) is 7.54. The van der Waals surface area contributed by atoms with Crippen LogP contribution in [0.3, 0.4) is 0 Å². The van der Waals surface area contributed by atoms with Gasteiger partial charge in [-0.25, -0.2) is 0 Å². The molecule has 1 N–H and O–H groups in total. The van der Waals surface area contributed by atoms with Crippen molar-refractivity contribution in [3.8, 4) is 0 Å². The predicted octanol–water partition coefficient (Wildman–Crippen LogP) is 2.95. The second-order valence-corrected chi connectivity index (χ2v) is 4.09. The van der Waals surface area contributed by atoms with Gasteiger partial charge in [0.05, 0.1) is 6.42 Å². The van der Waals surface area contributed by atoms with E-state index < -0.39 is 5.97 Å². The van der Waals surface area contributed by atoms with E-state index in [1.807, 2.05) is 36.9 Å². The maximum Gasteiger partial charge on any atom is 0.305 e. The van der Waals surface area contributed by atoms with Gasteiger partial charge in [0.25, 0.3) is 0 Å². The average Bonchev–Trinajstić information content (AvgIpc) is 2.21. The van der Waals surface area contributed by atoms with Crippen molar-refractivity contribution in [2.24, 2.45) is 0 Å². The number of aryl methyl sites for hydroxylation is 1. The van der Waals surface area contributed by atoms with Gasteiger partial charge in [0, 0.05) is 23.8 Å². The minimum atomic E-state index is -0.773. The minimum Gasteiger partial charge on any atom is -0.481 e. The van der Waals surface area contributed by atoms with E-state index in [2.05, 4.69) is 0 Å². The summed E-state index contributed by atoms with van der Waals surface area (Å²) in [5, 5.41) is 9.37. The molecule has 0 amide bonds. The normalized spacial score (nSPS) is 10.2. The van der Waals surface area contributed by atoms with Gasteiger partial charge < -0.3 is 10.0 Å². The van der Waals surface area contributed by atoms with Crippen LogP contribution in [0.4, 0.5) is 5.69 Å². The molecule has 1 aromatic rings. The van der Waals surface area contributed by atoms with Crippen molar-refractivity contribution in [1.82, 2.24) is 0 Å². The number of carboxylic acids is 1. The van der Waals surface area contributed by atoms with Gasteiger partial charge in [0.1, 0.15) is 0 Å². The topological polar surface area (TPSA) is 40.5 Å². The van der Waals surface area contributed by atoms with Gasteiger partial charge in [-0.2, -0.15) is 0 Å². The molecule has 0 bridgehead atoms. The van der Waals surface area contributed by atoms with Gasteiger partial charge in [-0.3, -0.25) is 4.79 Å². The Balaban J connectivity index is 2.82. The van der Waals surface area contributed by atoms with Crippen molar-refractivity contribution in [3.05, 3.63) is 28.8 Å². The number of benzene rings is 1. The molecule has 1 aromatic carbocycles. The largest absolute Gasteiger partial charge is 0.481 e. The van der Waals surface area contributed by atoms with Crippen LogP contribution in [-0.4, -0.2) is 24.2 Å². The van der Waals surface area contributed by atoms with Crippen molar-refractivity contribution >= 4 is 23.3 Å². The molecule has 0 radical (unpaired) electrons. The highest BCUT2D eigenvalue weighted by Crippen LogP contribution is 2.23. The van der Waals surface area contributed by atoms with Crippen LogP contribution < -0.4 is 4.90 Å². The maximum absolute atomic E-state index is 10.5. The molecule has 0 fully saturated rings. The lowest BCUT2D eigenvalue weighted by Crippen LogP contribution is -2.26. The molecule has 0 atom stereocenters. The Morgan fingerprint density at radius 1 is 1.50 bits per heavy atom. The lowest BCUT2D eigenvalue weighted by atomic mass is 10.1. The standard InChI is InChI=1S/C12H16ClNO2/c1-3-14(7-6-12(15)16)11-5-4-10(13)8-9(11)2/h4-5,8H,3,6-7H2,1-2H3,(H,15,16). The zero-order chi connectivity index (χ0) is 12.1. The lowest BCUT2D eigenvalue weighted by molar-refractivity contribution is -0.136. The van der Waals surface area contributed by atoms with Crippen LogP contribution >= 0.6 is 11.6 Å². The number of rotatable bonds is 5. The fourth-order valence-corrected chi connectivity index (χ4v) is 1.88. The van der Waals surface area contributed by atoms with Crippen molar-refractivity contribution in [2.75, 3.05) is 18.0 Å². The van der Waals surface area contributed by atoms with Gasteiger partial charge in [-0.15, -0.1) is 0 Å². The molecule has 0 aliphatic rings. The number of hydrogen-bond donors (Lipinski definition) is 1. The minimum absolute atomic E-state index is 0.149. The van der Waals surface area contributed by atoms with E-state index in [-0.39, 0.29) is 6.42 Å². The molecule has 4 heteroatoms. The Labute approximate surface area is 101 Å². The number of halogens is 1. The second kappa shape index (κ2) is 5.75. The third-order valence-electron chi connectivity index (χ3n) is 2.48. The molecule has 0 aromatic heterocycles. The summed E-state index contributed by atoms with van der Waals surface area (Å²) >= 11 is 5.88. The van der Waals surface area contributed by atoms with Crippen molar-refractivity contribution < 1.29 is 9.90 Å².